The summed E-state index contributed by atoms with van der Waals surface area (Å²) in [5, 5.41) is 4.60. The summed E-state index contributed by atoms with van der Waals surface area (Å²) in [5.74, 6) is 6.79. The van der Waals surface area contributed by atoms with E-state index >= 15 is 0 Å². The van der Waals surface area contributed by atoms with Crippen LogP contribution in [0.1, 0.15) is 40.0 Å². The van der Waals surface area contributed by atoms with Crippen molar-refractivity contribution in [3.8, 4) is 0 Å². The number of nitrogens with zero attached hydrogens (tertiary/aromatic N) is 1. The SMILES string of the molecule is CCCSc1nc(Cl)c(NN)c(N[C@@H]2CC[C@H]3OC(C)(C)O[C@@H]23)[nH+]1. The van der Waals surface area contributed by atoms with Crippen molar-refractivity contribution in [2.45, 2.75) is 69.2 Å². The van der Waals surface area contributed by atoms with Crippen molar-refractivity contribution in [1.82, 2.24) is 4.98 Å². The Morgan fingerprint density at radius 3 is 2.92 bits per heavy atom. The number of hydrogen-bond donors (Lipinski definition) is 3. The van der Waals surface area contributed by atoms with Gasteiger partial charge < -0.3 is 14.9 Å². The van der Waals surface area contributed by atoms with Crippen molar-refractivity contribution in [3.05, 3.63) is 5.15 Å². The molecule has 3 atom stereocenters. The lowest BCUT2D eigenvalue weighted by Crippen LogP contribution is -2.37. The van der Waals surface area contributed by atoms with E-state index in [2.05, 4.69) is 27.6 Å². The Morgan fingerprint density at radius 1 is 1.42 bits per heavy atom. The number of halogens is 1. The molecule has 0 radical (unpaired) electrons. The molecule has 0 bridgehead atoms. The van der Waals surface area contributed by atoms with Gasteiger partial charge in [0.25, 0.3) is 5.16 Å². The summed E-state index contributed by atoms with van der Waals surface area (Å²) in [7, 11) is 0. The Labute approximate surface area is 151 Å². The number of anilines is 2. The summed E-state index contributed by atoms with van der Waals surface area (Å²) in [6, 6.07) is 0.127. The largest absolute Gasteiger partial charge is 0.344 e. The van der Waals surface area contributed by atoms with Gasteiger partial charge >= 0.3 is 0 Å². The quantitative estimate of drug-likeness (QED) is 0.231. The van der Waals surface area contributed by atoms with E-state index in [1.807, 2.05) is 13.8 Å². The number of nitrogens with one attached hydrogen (secondary N) is 3. The summed E-state index contributed by atoms with van der Waals surface area (Å²) in [5.41, 5.74) is 3.18. The molecule has 0 aromatic carbocycles. The van der Waals surface area contributed by atoms with Crippen LogP contribution < -0.4 is 21.6 Å². The van der Waals surface area contributed by atoms with Crippen molar-refractivity contribution < 1.29 is 14.5 Å². The molecule has 2 heterocycles. The lowest BCUT2D eigenvalue weighted by Gasteiger charge is -2.21. The minimum Gasteiger partial charge on any atom is -0.344 e. The van der Waals surface area contributed by atoms with E-state index < -0.39 is 5.79 Å². The van der Waals surface area contributed by atoms with Crippen LogP contribution in [-0.2, 0) is 9.47 Å². The average molecular weight is 375 g/mol. The molecule has 24 heavy (non-hydrogen) atoms. The topological polar surface area (TPSA) is 95.6 Å². The second-order valence-corrected chi connectivity index (χ2v) is 7.98. The first-order valence-corrected chi connectivity index (χ1v) is 9.64. The zero-order chi connectivity index (χ0) is 17.3. The van der Waals surface area contributed by atoms with Gasteiger partial charge in [-0.15, -0.1) is 0 Å². The van der Waals surface area contributed by atoms with Crippen LogP contribution in [-0.4, -0.2) is 34.8 Å². The molecule has 1 aliphatic heterocycles. The van der Waals surface area contributed by atoms with Gasteiger partial charge in [-0.1, -0.05) is 23.7 Å². The standard InChI is InChI=1S/C15H24ClN5O2S/c1-4-7-24-14-19-12(16)10(21-17)13(20-14)18-8-5-6-9-11(8)23-15(2,3)22-9/h8-9,11,21H,4-7,17H2,1-3H3,(H,18,19,20)/p+1/t8-,9-,11+/m1/s1. The van der Waals surface area contributed by atoms with Crippen molar-refractivity contribution >= 4 is 34.9 Å². The number of nitrogens with two attached hydrogens (primary N) is 1. The van der Waals surface area contributed by atoms with E-state index in [4.69, 9.17) is 26.9 Å². The molecule has 134 valence electrons. The molecule has 3 rings (SSSR count). The summed E-state index contributed by atoms with van der Waals surface area (Å²) >= 11 is 7.90. The summed E-state index contributed by atoms with van der Waals surface area (Å²) in [4.78, 5) is 7.63. The first-order valence-electron chi connectivity index (χ1n) is 8.28. The maximum Gasteiger partial charge on any atom is 0.298 e. The van der Waals surface area contributed by atoms with Gasteiger partial charge in [0, 0.05) is 5.75 Å². The number of hydrazine groups is 1. The second-order valence-electron chi connectivity index (χ2n) is 6.54. The van der Waals surface area contributed by atoms with Gasteiger partial charge in [-0.25, -0.2) is 4.98 Å². The maximum absolute atomic E-state index is 6.27. The molecule has 2 aliphatic rings. The van der Waals surface area contributed by atoms with Crippen molar-refractivity contribution in [2.24, 2.45) is 5.84 Å². The fourth-order valence-corrected chi connectivity index (χ4v) is 4.24. The zero-order valence-corrected chi connectivity index (χ0v) is 15.8. The lowest BCUT2D eigenvalue weighted by molar-refractivity contribution is -0.417. The van der Waals surface area contributed by atoms with Crippen LogP contribution in [0, 0.1) is 0 Å². The van der Waals surface area contributed by atoms with Gasteiger partial charge in [0.05, 0.1) is 6.10 Å². The van der Waals surface area contributed by atoms with Gasteiger partial charge in [0.15, 0.2) is 11.5 Å². The molecule has 9 heteroatoms. The van der Waals surface area contributed by atoms with Gasteiger partial charge in [0.1, 0.15) is 12.1 Å². The molecule has 1 aliphatic carbocycles. The minimum atomic E-state index is -0.535. The fraction of sp³-hybridized carbons (Fsp3) is 0.733. The molecule has 5 N–H and O–H groups in total. The van der Waals surface area contributed by atoms with E-state index in [1.54, 1.807) is 11.8 Å². The molecule has 1 aromatic heterocycles. The Balaban J connectivity index is 1.80. The number of aromatic amines is 1. The van der Waals surface area contributed by atoms with Crippen LogP contribution >= 0.6 is 23.4 Å². The highest BCUT2D eigenvalue weighted by Gasteiger charge is 2.50. The molecule has 7 nitrogen and oxygen atoms in total. The number of thioether (sulfide) groups is 1. The number of aromatic nitrogens is 2. The van der Waals surface area contributed by atoms with Crippen LogP contribution in [0.2, 0.25) is 5.15 Å². The zero-order valence-electron chi connectivity index (χ0n) is 14.2. The summed E-state index contributed by atoms with van der Waals surface area (Å²) in [6.45, 7) is 6.02. The number of ether oxygens (including phenoxy) is 2. The number of H-pyrrole nitrogens is 1. The first-order chi connectivity index (χ1) is 11.4. The van der Waals surface area contributed by atoms with Crippen LogP contribution in [0.25, 0.3) is 0 Å². The van der Waals surface area contributed by atoms with Crippen LogP contribution in [0.3, 0.4) is 0 Å². The smallest absolute Gasteiger partial charge is 0.298 e. The van der Waals surface area contributed by atoms with Crippen molar-refractivity contribution in [3.63, 3.8) is 0 Å². The van der Waals surface area contributed by atoms with E-state index in [1.165, 1.54) is 0 Å². The van der Waals surface area contributed by atoms with Crippen LogP contribution in [0.15, 0.2) is 5.16 Å². The monoisotopic (exact) mass is 374 g/mol. The average Bonchev–Trinajstić information content (AvgIpc) is 3.01. The number of nitrogen functional groups attached to an aromatic ring is 1. The molecule has 0 amide bonds. The Morgan fingerprint density at radius 2 is 2.21 bits per heavy atom. The highest BCUT2D eigenvalue weighted by atomic mass is 35.5. The molecular formula is C15H25ClN5O2S+. The van der Waals surface area contributed by atoms with Crippen LogP contribution in [0.4, 0.5) is 11.5 Å². The summed E-state index contributed by atoms with van der Waals surface area (Å²) in [6.07, 6.45) is 3.12. The van der Waals surface area contributed by atoms with Crippen molar-refractivity contribution in [2.75, 3.05) is 16.5 Å². The maximum atomic E-state index is 6.27. The molecule has 1 aromatic rings. The van der Waals surface area contributed by atoms with Gasteiger partial charge in [-0.05, 0) is 44.7 Å². The molecule has 0 unspecified atom stereocenters. The number of rotatable bonds is 6. The fourth-order valence-electron chi connectivity index (χ4n) is 3.23. The Hall–Kier alpha value is -0.800. The van der Waals surface area contributed by atoms with E-state index in [-0.39, 0.29) is 18.2 Å². The van der Waals surface area contributed by atoms with Gasteiger partial charge in [-0.2, -0.15) is 0 Å². The number of hydrogen-bond acceptors (Lipinski definition) is 7. The van der Waals surface area contributed by atoms with Crippen LogP contribution in [0.5, 0.6) is 0 Å². The normalized spacial score (nSPS) is 28.0. The third-order valence-electron chi connectivity index (χ3n) is 4.19. The number of fused-ring (bicyclic) bond motifs is 1. The highest BCUT2D eigenvalue weighted by Crippen LogP contribution is 2.40. The van der Waals surface area contributed by atoms with Gasteiger partial charge in [0.2, 0.25) is 11.0 Å². The predicted molar refractivity (Wildman–Crippen MR) is 95.1 cm³/mol. The predicted octanol–water partition coefficient (Wildman–Crippen LogP) is 2.43. The minimum absolute atomic E-state index is 0.0118. The van der Waals surface area contributed by atoms with E-state index in [9.17, 15) is 0 Å². The third-order valence-corrected chi connectivity index (χ3v) is 5.54. The molecule has 0 spiro atoms. The van der Waals surface area contributed by atoms with Crippen molar-refractivity contribution in [1.29, 1.82) is 0 Å². The first kappa shape index (κ1) is 18.0. The second kappa shape index (κ2) is 7.21. The Bertz CT molecular complexity index is 603. The summed E-state index contributed by atoms with van der Waals surface area (Å²) < 4.78 is 12.0. The van der Waals surface area contributed by atoms with Gasteiger partial charge in [-0.3, -0.25) is 11.2 Å². The molecule has 1 saturated carbocycles. The van der Waals surface area contributed by atoms with E-state index in [0.717, 1.165) is 36.0 Å². The lowest BCUT2D eigenvalue weighted by atomic mass is 10.2. The van der Waals surface area contributed by atoms with E-state index in [0.29, 0.717) is 10.8 Å². The Kier molecular flexibility index (Phi) is 5.41. The molecule has 1 saturated heterocycles. The third kappa shape index (κ3) is 3.72. The molecule has 2 fully saturated rings. The molecular weight excluding hydrogens is 350 g/mol. The highest BCUT2D eigenvalue weighted by molar-refractivity contribution is 7.99.